The van der Waals surface area contributed by atoms with Crippen molar-refractivity contribution in [3.63, 3.8) is 0 Å². The van der Waals surface area contributed by atoms with Gasteiger partial charge >= 0.3 is 0 Å². The van der Waals surface area contributed by atoms with Gasteiger partial charge in [0.1, 0.15) is 22.8 Å². The van der Waals surface area contributed by atoms with Crippen LogP contribution in [0.1, 0.15) is 16.1 Å². The average Bonchev–Trinajstić information content (AvgIpc) is 3.02. The molecule has 0 unspecified atom stereocenters. The molecule has 1 aromatic heterocycles. The maximum atomic E-state index is 12.1. The molecule has 25 heavy (non-hydrogen) atoms. The summed E-state index contributed by atoms with van der Waals surface area (Å²) < 4.78 is 10.6. The van der Waals surface area contributed by atoms with Crippen molar-refractivity contribution in [1.82, 2.24) is 10.5 Å². The molecule has 2 aromatic carbocycles. The molecule has 0 atom stereocenters. The third-order valence-electron chi connectivity index (χ3n) is 3.29. The van der Waals surface area contributed by atoms with Gasteiger partial charge in [-0.05, 0) is 43.4 Å². The summed E-state index contributed by atoms with van der Waals surface area (Å²) in [4.78, 5) is 12.1. The summed E-state index contributed by atoms with van der Waals surface area (Å²) >= 11 is 5.17. The second kappa shape index (κ2) is 7.59. The molecule has 1 heterocycles. The normalized spacial score (nSPS) is 10.1. The second-order valence-corrected chi connectivity index (χ2v) is 5.56. The Morgan fingerprint density at radius 1 is 1.12 bits per heavy atom. The molecule has 0 fully saturated rings. The molecule has 0 aliphatic rings. The number of ether oxygens (including phenoxy) is 1. The highest BCUT2D eigenvalue weighted by Gasteiger charge is 2.14. The van der Waals surface area contributed by atoms with E-state index >= 15 is 0 Å². The lowest BCUT2D eigenvalue weighted by Crippen LogP contribution is -2.34. The van der Waals surface area contributed by atoms with E-state index < -0.39 is 0 Å². The van der Waals surface area contributed by atoms with E-state index in [4.69, 9.17) is 21.5 Å². The Kier molecular flexibility index (Phi) is 5.06. The molecule has 0 saturated heterocycles. The molecule has 0 aliphatic carbocycles. The minimum absolute atomic E-state index is 0.169. The molecular formula is C18H15N3O3S. The summed E-state index contributed by atoms with van der Waals surface area (Å²) in [5, 5.41) is 9.27. The van der Waals surface area contributed by atoms with E-state index in [9.17, 15) is 4.79 Å². The maximum absolute atomic E-state index is 12.1. The molecule has 0 saturated carbocycles. The number of hydrogen-bond acceptors (Lipinski definition) is 5. The van der Waals surface area contributed by atoms with Gasteiger partial charge in [0.2, 0.25) is 0 Å². The third-order valence-corrected chi connectivity index (χ3v) is 3.50. The van der Waals surface area contributed by atoms with Gasteiger partial charge in [-0.25, -0.2) is 0 Å². The van der Waals surface area contributed by atoms with E-state index in [2.05, 4.69) is 15.8 Å². The zero-order chi connectivity index (χ0) is 17.6. The van der Waals surface area contributed by atoms with Gasteiger partial charge in [0, 0.05) is 11.8 Å². The standard InChI is InChI=1S/C18H15N3O3S/c1-12-16(11-19-24-12)17(22)21-18(25)20-13-6-5-9-15(10-13)23-14-7-3-2-4-8-14/h2-11H,1H3,(H2,20,21,22,25). The van der Waals surface area contributed by atoms with Gasteiger partial charge in [0.15, 0.2) is 5.11 Å². The number of aromatic nitrogens is 1. The van der Waals surface area contributed by atoms with Gasteiger partial charge < -0.3 is 14.6 Å². The molecule has 0 aliphatic heterocycles. The van der Waals surface area contributed by atoms with E-state index in [0.29, 0.717) is 22.8 Å². The van der Waals surface area contributed by atoms with Crippen LogP contribution in [-0.4, -0.2) is 16.2 Å². The van der Waals surface area contributed by atoms with Crippen molar-refractivity contribution in [2.45, 2.75) is 6.92 Å². The number of nitrogens with one attached hydrogen (secondary N) is 2. The summed E-state index contributed by atoms with van der Waals surface area (Å²) in [6.07, 6.45) is 1.35. The minimum Gasteiger partial charge on any atom is -0.457 e. The number of para-hydroxylation sites is 1. The first kappa shape index (κ1) is 16.7. The minimum atomic E-state index is -0.382. The number of nitrogens with zero attached hydrogens (tertiary/aromatic N) is 1. The van der Waals surface area contributed by atoms with Crippen LogP contribution in [0.3, 0.4) is 0 Å². The van der Waals surface area contributed by atoms with Gasteiger partial charge in [-0.3, -0.25) is 10.1 Å². The van der Waals surface area contributed by atoms with E-state index in [-0.39, 0.29) is 11.0 Å². The molecule has 0 bridgehead atoms. The number of rotatable bonds is 4. The Morgan fingerprint density at radius 3 is 2.60 bits per heavy atom. The first-order chi connectivity index (χ1) is 12.1. The molecule has 3 aromatic rings. The number of benzene rings is 2. The number of carbonyl (C=O) groups is 1. The van der Waals surface area contributed by atoms with Crippen molar-refractivity contribution in [3.05, 3.63) is 72.1 Å². The molecule has 2 N–H and O–H groups in total. The molecule has 0 spiro atoms. The summed E-state index contributed by atoms with van der Waals surface area (Å²) in [5.41, 5.74) is 1.03. The van der Waals surface area contributed by atoms with Crippen LogP contribution in [0.5, 0.6) is 11.5 Å². The highest BCUT2D eigenvalue weighted by Crippen LogP contribution is 2.23. The van der Waals surface area contributed by atoms with Crippen LogP contribution in [0.25, 0.3) is 0 Å². The average molecular weight is 353 g/mol. The van der Waals surface area contributed by atoms with Gasteiger partial charge in [-0.15, -0.1) is 0 Å². The summed E-state index contributed by atoms with van der Waals surface area (Å²) in [6.45, 7) is 1.66. The first-order valence-corrected chi connectivity index (χ1v) is 7.89. The SMILES string of the molecule is Cc1oncc1C(=O)NC(=S)Nc1cccc(Oc2ccccc2)c1. The number of hydrogen-bond donors (Lipinski definition) is 2. The Balaban J connectivity index is 1.63. The van der Waals surface area contributed by atoms with Crippen LogP contribution >= 0.6 is 12.2 Å². The molecule has 0 radical (unpaired) electrons. The van der Waals surface area contributed by atoms with E-state index in [1.165, 1.54) is 6.20 Å². The van der Waals surface area contributed by atoms with Crippen LogP contribution in [0, 0.1) is 6.92 Å². The van der Waals surface area contributed by atoms with E-state index in [1.807, 2.05) is 48.5 Å². The Morgan fingerprint density at radius 2 is 1.88 bits per heavy atom. The monoisotopic (exact) mass is 353 g/mol. The van der Waals surface area contributed by atoms with Crippen molar-refractivity contribution in [1.29, 1.82) is 0 Å². The van der Waals surface area contributed by atoms with Crippen LogP contribution in [0.15, 0.2) is 65.3 Å². The fourth-order valence-corrected chi connectivity index (χ4v) is 2.32. The van der Waals surface area contributed by atoms with Gasteiger partial charge in [-0.1, -0.05) is 29.4 Å². The maximum Gasteiger partial charge on any atom is 0.262 e. The van der Waals surface area contributed by atoms with Crippen molar-refractivity contribution in [2.24, 2.45) is 0 Å². The number of thiocarbonyl (C=S) groups is 1. The van der Waals surface area contributed by atoms with Gasteiger partial charge in [-0.2, -0.15) is 0 Å². The smallest absolute Gasteiger partial charge is 0.262 e. The quantitative estimate of drug-likeness (QED) is 0.693. The zero-order valence-corrected chi connectivity index (χ0v) is 14.2. The van der Waals surface area contributed by atoms with Crippen molar-refractivity contribution < 1.29 is 14.1 Å². The fourth-order valence-electron chi connectivity index (χ4n) is 2.11. The van der Waals surface area contributed by atoms with Crippen LogP contribution in [0.4, 0.5) is 5.69 Å². The lowest BCUT2D eigenvalue weighted by atomic mass is 10.2. The molecule has 126 valence electrons. The van der Waals surface area contributed by atoms with Crippen molar-refractivity contribution in [2.75, 3.05) is 5.32 Å². The summed E-state index contributed by atoms with van der Waals surface area (Å²) in [5.74, 6) is 1.44. The van der Waals surface area contributed by atoms with Gasteiger partial charge in [0.05, 0.1) is 6.20 Å². The molecule has 6 nitrogen and oxygen atoms in total. The number of aryl methyl sites for hydroxylation is 1. The predicted molar refractivity (Wildman–Crippen MR) is 97.9 cm³/mol. The Labute approximate surface area is 149 Å². The number of carbonyl (C=O) groups excluding carboxylic acids is 1. The van der Waals surface area contributed by atoms with Crippen molar-refractivity contribution in [3.8, 4) is 11.5 Å². The van der Waals surface area contributed by atoms with E-state index in [0.717, 1.165) is 5.75 Å². The van der Waals surface area contributed by atoms with Gasteiger partial charge in [0.25, 0.3) is 5.91 Å². The molecular weight excluding hydrogens is 338 g/mol. The molecule has 1 amide bonds. The highest BCUT2D eigenvalue weighted by atomic mass is 32.1. The van der Waals surface area contributed by atoms with Crippen molar-refractivity contribution >= 4 is 28.9 Å². The van der Waals surface area contributed by atoms with Crippen LogP contribution in [-0.2, 0) is 0 Å². The van der Waals surface area contributed by atoms with Crippen LogP contribution in [0.2, 0.25) is 0 Å². The Bertz CT molecular complexity index is 893. The molecule has 7 heteroatoms. The number of anilines is 1. The first-order valence-electron chi connectivity index (χ1n) is 7.48. The lowest BCUT2D eigenvalue weighted by Gasteiger charge is -2.11. The highest BCUT2D eigenvalue weighted by molar-refractivity contribution is 7.80. The van der Waals surface area contributed by atoms with Crippen LogP contribution < -0.4 is 15.4 Å². The largest absolute Gasteiger partial charge is 0.457 e. The Hall–Kier alpha value is -3.19. The number of amides is 1. The predicted octanol–water partition coefficient (Wildman–Crippen LogP) is 3.90. The summed E-state index contributed by atoms with van der Waals surface area (Å²) in [6, 6.07) is 16.7. The lowest BCUT2D eigenvalue weighted by molar-refractivity contribution is 0.0976. The van der Waals surface area contributed by atoms with E-state index in [1.54, 1.807) is 13.0 Å². The second-order valence-electron chi connectivity index (χ2n) is 5.15. The summed E-state index contributed by atoms with van der Waals surface area (Å²) in [7, 11) is 0. The fraction of sp³-hybridized carbons (Fsp3) is 0.0556. The third kappa shape index (κ3) is 4.42. The topological polar surface area (TPSA) is 76.4 Å². The molecule has 3 rings (SSSR count). The zero-order valence-electron chi connectivity index (χ0n) is 13.4.